The van der Waals surface area contributed by atoms with Crippen LogP contribution in [0.2, 0.25) is 0 Å². The van der Waals surface area contributed by atoms with Crippen molar-refractivity contribution in [3.05, 3.63) is 41.5 Å². The minimum Gasteiger partial charge on any atom is -0.325 e. The van der Waals surface area contributed by atoms with E-state index in [-0.39, 0.29) is 11.6 Å². The summed E-state index contributed by atoms with van der Waals surface area (Å²) in [5, 5.41) is 0. The fraction of sp³-hybridized carbons (Fsp3) is 0.200. The highest BCUT2D eigenvalue weighted by atomic mass is 19.1. The molecule has 0 aromatic heterocycles. The van der Waals surface area contributed by atoms with Gasteiger partial charge in [0, 0.05) is 11.6 Å². The Kier molecular flexibility index (Phi) is 3.14. The van der Waals surface area contributed by atoms with Crippen LogP contribution >= 0.6 is 0 Å². The summed E-state index contributed by atoms with van der Waals surface area (Å²) in [5.74, 6) is -0.899. The Morgan fingerprint density at radius 3 is 2.69 bits per heavy atom. The van der Waals surface area contributed by atoms with Crippen molar-refractivity contribution in [2.24, 2.45) is 5.73 Å². The lowest BCUT2D eigenvalue weighted by atomic mass is 10.1. The van der Waals surface area contributed by atoms with Gasteiger partial charge in [0.2, 0.25) is 0 Å². The number of nitrogens with two attached hydrogens (primary N) is 1. The van der Waals surface area contributed by atoms with Crippen LogP contribution in [0.1, 0.15) is 12.5 Å². The second kappa shape index (κ2) is 4.14. The predicted octanol–water partition coefficient (Wildman–Crippen LogP) is 2.33. The largest absolute Gasteiger partial charge is 0.325 e. The number of halogens is 2. The summed E-state index contributed by atoms with van der Waals surface area (Å²) in [4.78, 5) is 0. The molecule has 0 bridgehead atoms. The van der Waals surface area contributed by atoms with Gasteiger partial charge < -0.3 is 5.73 Å². The van der Waals surface area contributed by atoms with Crippen LogP contribution in [0.5, 0.6) is 0 Å². The Bertz CT molecular complexity index is 319. The van der Waals surface area contributed by atoms with Gasteiger partial charge in [0.1, 0.15) is 11.6 Å². The Morgan fingerprint density at radius 1 is 1.38 bits per heavy atom. The van der Waals surface area contributed by atoms with Crippen LogP contribution < -0.4 is 5.73 Å². The highest BCUT2D eigenvalue weighted by Crippen LogP contribution is 2.11. The number of rotatable bonds is 2. The fourth-order valence-electron chi connectivity index (χ4n) is 0.898. The molecule has 0 unspecified atom stereocenters. The van der Waals surface area contributed by atoms with Gasteiger partial charge in [0.05, 0.1) is 0 Å². The van der Waals surface area contributed by atoms with Gasteiger partial charge >= 0.3 is 0 Å². The van der Waals surface area contributed by atoms with Crippen LogP contribution in [0.3, 0.4) is 0 Å². The molecule has 70 valence electrons. The molecule has 3 heteroatoms. The van der Waals surface area contributed by atoms with Crippen molar-refractivity contribution >= 4 is 6.08 Å². The molecule has 1 aromatic rings. The quantitative estimate of drug-likeness (QED) is 0.748. The summed E-state index contributed by atoms with van der Waals surface area (Å²) in [6.07, 6.45) is 3.08. The van der Waals surface area contributed by atoms with E-state index in [0.717, 1.165) is 18.2 Å². The van der Waals surface area contributed by atoms with Crippen molar-refractivity contribution in [3.8, 4) is 0 Å². The average molecular weight is 183 g/mol. The average Bonchev–Trinajstić information content (AvgIpc) is 2.06. The van der Waals surface area contributed by atoms with Crippen LogP contribution in [0, 0.1) is 11.6 Å². The second-order valence-corrected chi connectivity index (χ2v) is 2.88. The van der Waals surface area contributed by atoms with Gasteiger partial charge in [0.15, 0.2) is 0 Å². The van der Waals surface area contributed by atoms with Crippen LogP contribution in [-0.2, 0) is 0 Å². The molecule has 1 aromatic carbocycles. The molecule has 1 atom stereocenters. The zero-order chi connectivity index (χ0) is 9.84. The first-order valence-corrected chi connectivity index (χ1v) is 3.98. The molecule has 0 spiro atoms. The maximum atomic E-state index is 13.0. The molecule has 0 aliphatic heterocycles. The van der Waals surface area contributed by atoms with Gasteiger partial charge in [-0.3, -0.25) is 0 Å². The van der Waals surface area contributed by atoms with E-state index in [1.165, 1.54) is 6.08 Å². The van der Waals surface area contributed by atoms with Crippen molar-refractivity contribution in [2.75, 3.05) is 0 Å². The lowest BCUT2D eigenvalue weighted by Gasteiger charge is -1.98. The first kappa shape index (κ1) is 9.86. The third kappa shape index (κ3) is 2.95. The molecular weight excluding hydrogens is 172 g/mol. The number of hydrogen-bond donors (Lipinski definition) is 1. The summed E-state index contributed by atoms with van der Waals surface area (Å²) in [7, 11) is 0. The zero-order valence-electron chi connectivity index (χ0n) is 7.30. The van der Waals surface area contributed by atoms with E-state index in [4.69, 9.17) is 5.73 Å². The highest BCUT2D eigenvalue weighted by molar-refractivity contribution is 5.50. The molecule has 0 heterocycles. The SMILES string of the molecule is C[C@@H](N)C=Cc1cc(F)ccc1F. The van der Waals surface area contributed by atoms with E-state index < -0.39 is 11.6 Å². The van der Waals surface area contributed by atoms with Gasteiger partial charge in [-0.1, -0.05) is 12.2 Å². The fourth-order valence-corrected chi connectivity index (χ4v) is 0.898. The van der Waals surface area contributed by atoms with E-state index in [1.807, 2.05) is 0 Å². The Balaban J connectivity index is 2.93. The summed E-state index contributed by atoms with van der Waals surface area (Å²) >= 11 is 0. The zero-order valence-corrected chi connectivity index (χ0v) is 7.30. The Morgan fingerprint density at radius 2 is 2.08 bits per heavy atom. The standard InChI is InChI=1S/C10H11F2N/c1-7(13)2-3-8-6-9(11)4-5-10(8)12/h2-7H,13H2,1H3/t7-/m1/s1. The molecule has 0 aliphatic rings. The van der Waals surface area contributed by atoms with Gasteiger partial charge in [-0.15, -0.1) is 0 Å². The Labute approximate surface area is 75.9 Å². The minimum absolute atomic E-state index is 0.164. The van der Waals surface area contributed by atoms with E-state index in [0.29, 0.717) is 0 Å². The lowest BCUT2D eigenvalue weighted by molar-refractivity contribution is 0.598. The van der Waals surface area contributed by atoms with Crippen molar-refractivity contribution < 1.29 is 8.78 Å². The predicted molar refractivity (Wildman–Crippen MR) is 49.0 cm³/mol. The minimum atomic E-state index is -0.453. The van der Waals surface area contributed by atoms with Gasteiger partial charge in [-0.05, 0) is 25.1 Å². The smallest absolute Gasteiger partial charge is 0.130 e. The molecule has 13 heavy (non-hydrogen) atoms. The monoisotopic (exact) mass is 183 g/mol. The maximum Gasteiger partial charge on any atom is 0.130 e. The summed E-state index contributed by atoms with van der Waals surface area (Å²) < 4.78 is 25.6. The molecule has 0 saturated heterocycles. The van der Waals surface area contributed by atoms with E-state index >= 15 is 0 Å². The van der Waals surface area contributed by atoms with E-state index in [2.05, 4.69) is 0 Å². The van der Waals surface area contributed by atoms with Crippen molar-refractivity contribution in [1.29, 1.82) is 0 Å². The molecule has 0 fully saturated rings. The van der Waals surface area contributed by atoms with Gasteiger partial charge in [0.25, 0.3) is 0 Å². The van der Waals surface area contributed by atoms with Crippen molar-refractivity contribution in [1.82, 2.24) is 0 Å². The molecule has 2 N–H and O–H groups in total. The molecule has 0 radical (unpaired) electrons. The molecule has 0 aliphatic carbocycles. The Hall–Kier alpha value is -1.22. The number of benzene rings is 1. The third-order valence-corrected chi connectivity index (χ3v) is 1.54. The lowest BCUT2D eigenvalue weighted by Crippen LogP contribution is -2.10. The topological polar surface area (TPSA) is 26.0 Å². The summed E-state index contributed by atoms with van der Waals surface area (Å²) in [5.41, 5.74) is 5.65. The van der Waals surface area contributed by atoms with Crippen molar-refractivity contribution in [3.63, 3.8) is 0 Å². The molecule has 1 rings (SSSR count). The molecule has 1 nitrogen and oxygen atoms in total. The molecule has 0 saturated carbocycles. The first-order chi connectivity index (χ1) is 6.09. The molecular formula is C10H11F2N. The van der Waals surface area contributed by atoms with E-state index in [1.54, 1.807) is 13.0 Å². The maximum absolute atomic E-state index is 13.0. The highest BCUT2D eigenvalue weighted by Gasteiger charge is 1.99. The first-order valence-electron chi connectivity index (χ1n) is 3.98. The van der Waals surface area contributed by atoms with Crippen LogP contribution in [0.4, 0.5) is 8.78 Å². The third-order valence-electron chi connectivity index (χ3n) is 1.54. The summed E-state index contributed by atoms with van der Waals surface area (Å²) in [6.45, 7) is 1.76. The van der Waals surface area contributed by atoms with E-state index in [9.17, 15) is 8.78 Å². The van der Waals surface area contributed by atoms with Crippen molar-refractivity contribution in [2.45, 2.75) is 13.0 Å². The number of hydrogen-bond acceptors (Lipinski definition) is 1. The molecule has 0 amide bonds. The second-order valence-electron chi connectivity index (χ2n) is 2.88. The van der Waals surface area contributed by atoms with Crippen LogP contribution in [0.25, 0.3) is 6.08 Å². The normalized spacial score (nSPS) is 13.5. The summed E-state index contributed by atoms with van der Waals surface area (Å²) in [6, 6.07) is 3.14. The van der Waals surface area contributed by atoms with Crippen LogP contribution in [0.15, 0.2) is 24.3 Å². The van der Waals surface area contributed by atoms with Gasteiger partial charge in [-0.25, -0.2) is 8.78 Å². The van der Waals surface area contributed by atoms with Crippen LogP contribution in [-0.4, -0.2) is 6.04 Å². The van der Waals surface area contributed by atoms with Gasteiger partial charge in [-0.2, -0.15) is 0 Å².